The molecule has 0 spiro atoms. The van der Waals surface area contributed by atoms with Crippen LogP contribution in [0.5, 0.6) is 0 Å². The number of rotatable bonds is 5. The maximum Gasteiger partial charge on any atom is 0.168 e. The number of pyridine rings is 1. The van der Waals surface area contributed by atoms with Crippen molar-refractivity contribution in [2.45, 2.75) is 39.2 Å². The molecule has 1 N–H and O–H groups in total. The molecule has 0 amide bonds. The molecule has 1 aromatic heterocycles. The molecule has 5 heteroatoms. The van der Waals surface area contributed by atoms with Crippen LogP contribution in [0.3, 0.4) is 0 Å². The zero-order chi connectivity index (χ0) is 12.2. The molecule has 16 heavy (non-hydrogen) atoms. The third kappa shape index (κ3) is 11.3. The van der Waals surface area contributed by atoms with Gasteiger partial charge in [-0.25, -0.2) is 8.78 Å². The number of unbranched alkanes of at least 4 members (excludes halogenated alkanes) is 3. The Balaban J connectivity index is 0.000000487. The number of aryl methyl sites for hydroxylation is 1. The van der Waals surface area contributed by atoms with E-state index in [9.17, 15) is 0 Å². The van der Waals surface area contributed by atoms with Gasteiger partial charge in [0.1, 0.15) is 6.54 Å². The van der Waals surface area contributed by atoms with E-state index >= 15 is 0 Å². The topological polar surface area (TPSA) is 64.2 Å². The SMILES string of the molecule is CCCCCC[n+]1ccccc1.O=S([O-])O. The minimum absolute atomic E-state index is 1.17. The highest BCUT2D eigenvalue weighted by atomic mass is 32.2. The Labute approximate surface area is 99.4 Å². The third-order valence-corrected chi connectivity index (χ3v) is 2.05. The first-order valence-electron chi connectivity index (χ1n) is 5.39. The van der Waals surface area contributed by atoms with Crippen LogP contribution in [0.4, 0.5) is 0 Å². The molecule has 0 saturated heterocycles. The van der Waals surface area contributed by atoms with Crippen molar-refractivity contribution in [3.8, 4) is 0 Å². The van der Waals surface area contributed by atoms with Gasteiger partial charge in [0.15, 0.2) is 12.4 Å². The summed E-state index contributed by atoms with van der Waals surface area (Å²) in [6.07, 6.45) is 9.62. The summed E-state index contributed by atoms with van der Waals surface area (Å²) in [6, 6.07) is 6.22. The molecule has 1 atom stereocenters. The lowest BCUT2D eigenvalue weighted by Crippen LogP contribution is -2.32. The molecule has 0 saturated carbocycles. The standard InChI is InChI=1S/C11H18N.H2O3S/c1-2-3-4-6-9-12-10-7-5-8-11-12;1-4(2)3/h5,7-8,10-11H,2-4,6,9H2,1H3;(H2,1,2,3)/q+1;/p-1. The van der Waals surface area contributed by atoms with E-state index in [0.29, 0.717) is 0 Å². The van der Waals surface area contributed by atoms with Crippen molar-refractivity contribution in [2.75, 3.05) is 0 Å². The van der Waals surface area contributed by atoms with Gasteiger partial charge < -0.3 is 9.11 Å². The van der Waals surface area contributed by atoms with E-state index in [1.165, 1.54) is 32.2 Å². The molecule has 1 heterocycles. The van der Waals surface area contributed by atoms with Gasteiger partial charge in [0.25, 0.3) is 0 Å². The van der Waals surface area contributed by atoms with E-state index in [-0.39, 0.29) is 0 Å². The minimum atomic E-state index is -2.86. The van der Waals surface area contributed by atoms with Crippen LogP contribution in [0.25, 0.3) is 0 Å². The summed E-state index contributed by atoms with van der Waals surface area (Å²) >= 11 is -2.86. The van der Waals surface area contributed by atoms with Gasteiger partial charge in [-0.2, -0.15) is 0 Å². The van der Waals surface area contributed by atoms with Crippen LogP contribution >= 0.6 is 0 Å². The summed E-state index contributed by atoms with van der Waals surface area (Å²) < 4.78 is 26.3. The van der Waals surface area contributed by atoms with E-state index in [0.717, 1.165) is 0 Å². The maximum absolute atomic E-state index is 8.56. The summed E-state index contributed by atoms with van der Waals surface area (Å²) in [7, 11) is 0. The van der Waals surface area contributed by atoms with Crippen LogP contribution in [0, 0.1) is 0 Å². The Morgan fingerprint density at radius 2 is 1.75 bits per heavy atom. The molecule has 0 aliphatic rings. The predicted octanol–water partition coefficient (Wildman–Crippen LogP) is 1.89. The molecule has 92 valence electrons. The Kier molecular flexibility index (Phi) is 10.2. The summed E-state index contributed by atoms with van der Waals surface area (Å²) in [5, 5.41) is 0. The fraction of sp³-hybridized carbons (Fsp3) is 0.545. The van der Waals surface area contributed by atoms with E-state index in [1.807, 2.05) is 0 Å². The Morgan fingerprint density at radius 3 is 2.25 bits per heavy atom. The zero-order valence-electron chi connectivity index (χ0n) is 9.54. The fourth-order valence-corrected chi connectivity index (χ4v) is 1.30. The van der Waals surface area contributed by atoms with Gasteiger partial charge in [0.2, 0.25) is 0 Å². The summed E-state index contributed by atoms with van der Waals surface area (Å²) in [5.74, 6) is 0. The van der Waals surface area contributed by atoms with Crippen molar-refractivity contribution < 1.29 is 17.9 Å². The van der Waals surface area contributed by atoms with E-state index < -0.39 is 11.4 Å². The van der Waals surface area contributed by atoms with Gasteiger partial charge in [-0.1, -0.05) is 25.8 Å². The number of nitrogens with zero attached hydrogens (tertiary/aromatic N) is 1. The first-order valence-corrected chi connectivity index (χ1v) is 6.42. The second-order valence-electron chi connectivity index (χ2n) is 3.39. The van der Waals surface area contributed by atoms with Gasteiger partial charge in [0.05, 0.1) is 11.4 Å². The number of hydrogen-bond acceptors (Lipinski definition) is 2. The minimum Gasteiger partial charge on any atom is -0.750 e. The molecule has 0 aromatic carbocycles. The van der Waals surface area contributed by atoms with E-state index in [4.69, 9.17) is 13.3 Å². The zero-order valence-corrected chi connectivity index (χ0v) is 10.4. The third-order valence-electron chi connectivity index (χ3n) is 2.05. The average Bonchev–Trinajstić information content (AvgIpc) is 2.25. The lowest BCUT2D eigenvalue weighted by Gasteiger charge is -1.95. The van der Waals surface area contributed by atoms with Gasteiger partial charge >= 0.3 is 0 Å². The molecule has 0 bridgehead atoms. The quantitative estimate of drug-likeness (QED) is 0.489. The van der Waals surface area contributed by atoms with E-state index in [2.05, 4.69) is 42.1 Å². The summed E-state index contributed by atoms with van der Waals surface area (Å²) in [4.78, 5) is 0. The van der Waals surface area contributed by atoms with Gasteiger partial charge in [-0.05, 0) is 6.42 Å². The molecule has 0 fully saturated rings. The van der Waals surface area contributed by atoms with Crippen molar-refractivity contribution >= 4 is 11.4 Å². The Morgan fingerprint density at radius 1 is 1.19 bits per heavy atom. The largest absolute Gasteiger partial charge is 0.750 e. The van der Waals surface area contributed by atoms with Crippen LogP contribution in [-0.2, 0) is 17.9 Å². The van der Waals surface area contributed by atoms with Gasteiger partial charge in [-0.15, -0.1) is 0 Å². The predicted molar refractivity (Wildman–Crippen MR) is 62.3 cm³/mol. The Hall–Kier alpha value is -0.780. The lowest BCUT2D eigenvalue weighted by atomic mass is 10.2. The molecule has 1 unspecified atom stereocenters. The molecule has 1 rings (SSSR count). The highest BCUT2D eigenvalue weighted by Crippen LogP contribution is 1.97. The van der Waals surface area contributed by atoms with Crippen molar-refractivity contribution in [1.29, 1.82) is 0 Å². The highest BCUT2D eigenvalue weighted by Gasteiger charge is 1.95. The van der Waals surface area contributed by atoms with Crippen molar-refractivity contribution in [3.63, 3.8) is 0 Å². The Bertz CT molecular complexity index is 276. The second kappa shape index (κ2) is 10.7. The normalized spacial score (nSPS) is 11.4. The van der Waals surface area contributed by atoms with Crippen molar-refractivity contribution in [3.05, 3.63) is 30.6 Å². The van der Waals surface area contributed by atoms with E-state index in [1.54, 1.807) is 0 Å². The van der Waals surface area contributed by atoms with Gasteiger partial charge in [0, 0.05) is 18.6 Å². The number of hydrogen-bond donors (Lipinski definition) is 1. The molecular formula is C11H19NO3S. The fourth-order valence-electron chi connectivity index (χ4n) is 1.30. The monoisotopic (exact) mass is 245 g/mol. The molecule has 0 aliphatic heterocycles. The average molecular weight is 245 g/mol. The summed E-state index contributed by atoms with van der Waals surface area (Å²) in [6.45, 7) is 3.41. The molecule has 1 aromatic rings. The van der Waals surface area contributed by atoms with Crippen molar-refractivity contribution in [1.82, 2.24) is 0 Å². The lowest BCUT2D eigenvalue weighted by molar-refractivity contribution is -0.697. The second-order valence-corrected chi connectivity index (χ2v) is 3.83. The van der Waals surface area contributed by atoms with Crippen LogP contribution in [0.15, 0.2) is 30.6 Å². The number of aromatic nitrogens is 1. The maximum atomic E-state index is 8.56. The molecule has 4 nitrogen and oxygen atoms in total. The smallest absolute Gasteiger partial charge is 0.168 e. The summed E-state index contributed by atoms with van der Waals surface area (Å²) in [5.41, 5.74) is 0. The first-order chi connectivity index (χ1) is 7.66. The van der Waals surface area contributed by atoms with Gasteiger partial charge in [-0.3, -0.25) is 0 Å². The molecule has 0 radical (unpaired) electrons. The highest BCUT2D eigenvalue weighted by molar-refractivity contribution is 7.73. The van der Waals surface area contributed by atoms with Crippen LogP contribution in [0.2, 0.25) is 0 Å². The van der Waals surface area contributed by atoms with Crippen LogP contribution in [0.1, 0.15) is 32.6 Å². The molecule has 0 aliphatic carbocycles. The molecular weight excluding hydrogens is 226 g/mol. The van der Waals surface area contributed by atoms with Crippen molar-refractivity contribution in [2.24, 2.45) is 0 Å². The van der Waals surface area contributed by atoms with Crippen LogP contribution < -0.4 is 4.57 Å². The van der Waals surface area contributed by atoms with Crippen LogP contribution in [-0.4, -0.2) is 13.3 Å². The first kappa shape index (κ1) is 15.2.